The van der Waals surface area contributed by atoms with Gasteiger partial charge < -0.3 is 5.73 Å². The summed E-state index contributed by atoms with van der Waals surface area (Å²) in [6, 6.07) is 7.28. The fourth-order valence-corrected chi connectivity index (χ4v) is 3.05. The molecule has 0 aliphatic heterocycles. The fourth-order valence-electron chi connectivity index (χ4n) is 2.29. The lowest BCUT2D eigenvalue weighted by Gasteiger charge is -2.34. The van der Waals surface area contributed by atoms with Gasteiger partial charge in [-0.25, -0.2) is 0 Å². The zero-order valence-corrected chi connectivity index (χ0v) is 12.8. The molecule has 0 radical (unpaired) electrons. The van der Waals surface area contributed by atoms with E-state index in [1.54, 1.807) is 0 Å². The van der Waals surface area contributed by atoms with Crippen molar-refractivity contribution in [3.63, 3.8) is 0 Å². The monoisotopic (exact) mass is 298 g/mol. The lowest BCUT2D eigenvalue weighted by Crippen LogP contribution is -2.38. The third-order valence-corrected chi connectivity index (χ3v) is 3.85. The quantitative estimate of drug-likeness (QED) is 0.902. The highest BCUT2D eigenvalue weighted by atomic mass is 79.9. The van der Waals surface area contributed by atoms with E-state index >= 15 is 0 Å². The number of benzene rings is 1. The molecule has 2 nitrogen and oxygen atoms in total. The summed E-state index contributed by atoms with van der Waals surface area (Å²) in [5.74, 6) is 0. The maximum absolute atomic E-state index is 5.96. The molecule has 0 aliphatic rings. The maximum atomic E-state index is 5.96. The van der Waals surface area contributed by atoms with E-state index in [-0.39, 0.29) is 6.04 Å². The summed E-state index contributed by atoms with van der Waals surface area (Å²) in [4.78, 5) is 2.43. The Morgan fingerprint density at radius 1 is 1.35 bits per heavy atom. The third kappa shape index (κ3) is 3.54. The smallest absolute Gasteiger partial charge is 0.0484 e. The van der Waals surface area contributed by atoms with Crippen molar-refractivity contribution >= 4 is 15.9 Å². The van der Waals surface area contributed by atoms with Gasteiger partial charge in [-0.2, -0.15) is 0 Å². The van der Waals surface area contributed by atoms with E-state index in [9.17, 15) is 0 Å². The summed E-state index contributed by atoms with van der Waals surface area (Å²) in [7, 11) is 0. The molecule has 0 aromatic heterocycles. The molecule has 0 heterocycles. The molecule has 0 fully saturated rings. The van der Waals surface area contributed by atoms with Crippen LogP contribution >= 0.6 is 15.9 Å². The Morgan fingerprint density at radius 3 is 2.41 bits per heavy atom. The Morgan fingerprint density at radius 2 is 2.00 bits per heavy atom. The number of rotatable bonds is 5. The molecule has 1 rings (SSSR count). The van der Waals surface area contributed by atoms with Gasteiger partial charge in [0.1, 0.15) is 0 Å². The van der Waals surface area contributed by atoms with Crippen LogP contribution in [0, 0.1) is 6.92 Å². The second kappa shape index (κ2) is 6.53. The third-order valence-electron chi connectivity index (χ3n) is 3.17. The lowest BCUT2D eigenvalue weighted by molar-refractivity contribution is 0.166. The average Bonchev–Trinajstić information content (AvgIpc) is 2.26. The molecule has 1 unspecified atom stereocenters. The fraction of sp³-hybridized carbons (Fsp3) is 0.571. The molecule has 1 atom stereocenters. The second-order valence-corrected chi connectivity index (χ2v) is 5.55. The summed E-state index contributed by atoms with van der Waals surface area (Å²) < 4.78 is 1.16. The highest BCUT2D eigenvalue weighted by Gasteiger charge is 2.21. The van der Waals surface area contributed by atoms with Crippen molar-refractivity contribution < 1.29 is 0 Å². The molecule has 3 heteroatoms. The molecule has 17 heavy (non-hydrogen) atoms. The first-order valence-electron chi connectivity index (χ1n) is 6.23. The van der Waals surface area contributed by atoms with Gasteiger partial charge in [0.15, 0.2) is 0 Å². The minimum absolute atomic E-state index is 0.287. The van der Waals surface area contributed by atoms with Crippen molar-refractivity contribution in [1.82, 2.24) is 4.90 Å². The van der Waals surface area contributed by atoms with E-state index in [0.29, 0.717) is 12.6 Å². The van der Waals surface area contributed by atoms with Crippen LogP contribution in [0.25, 0.3) is 0 Å². The van der Waals surface area contributed by atoms with Gasteiger partial charge in [0.25, 0.3) is 0 Å². The molecule has 1 aromatic carbocycles. The molecular weight excluding hydrogens is 276 g/mol. The summed E-state index contributed by atoms with van der Waals surface area (Å²) in [6.07, 6.45) is 0. The van der Waals surface area contributed by atoms with E-state index in [1.807, 2.05) is 0 Å². The number of hydrogen-bond acceptors (Lipinski definition) is 2. The number of halogens is 1. The highest BCUT2D eigenvalue weighted by Crippen LogP contribution is 2.29. The van der Waals surface area contributed by atoms with Gasteiger partial charge in [0.2, 0.25) is 0 Å². The van der Waals surface area contributed by atoms with Crippen LogP contribution in [0.1, 0.15) is 37.9 Å². The summed E-state index contributed by atoms with van der Waals surface area (Å²) in [6.45, 7) is 10.4. The molecule has 0 saturated carbocycles. The van der Waals surface area contributed by atoms with Crippen LogP contribution in [0.2, 0.25) is 0 Å². The Bertz CT molecular complexity index is 363. The zero-order chi connectivity index (χ0) is 13.0. The second-order valence-electron chi connectivity index (χ2n) is 4.70. The largest absolute Gasteiger partial charge is 0.329 e. The van der Waals surface area contributed by atoms with Crippen molar-refractivity contribution in [1.29, 1.82) is 0 Å². The van der Waals surface area contributed by atoms with Gasteiger partial charge >= 0.3 is 0 Å². The summed E-state index contributed by atoms with van der Waals surface area (Å²) >= 11 is 3.65. The SMILES string of the molecule is CCN(C(C)C)C(CN)c1ccc(C)cc1Br. The van der Waals surface area contributed by atoms with Crippen LogP contribution in [0.3, 0.4) is 0 Å². The van der Waals surface area contributed by atoms with Gasteiger partial charge in [-0.1, -0.05) is 35.0 Å². The van der Waals surface area contributed by atoms with Gasteiger partial charge in [-0.05, 0) is 44.5 Å². The molecule has 0 amide bonds. The molecule has 2 N–H and O–H groups in total. The Labute approximate surface area is 113 Å². The normalized spacial score (nSPS) is 13.4. The van der Waals surface area contributed by atoms with E-state index in [2.05, 4.69) is 66.7 Å². The van der Waals surface area contributed by atoms with Crippen LogP contribution in [-0.4, -0.2) is 24.0 Å². The standard InChI is InChI=1S/C14H23BrN2/c1-5-17(10(2)3)14(9-16)12-7-6-11(4)8-13(12)15/h6-8,10,14H,5,9,16H2,1-4H3. The minimum Gasteiger partial charge on any atom is -0.329 e. The van der Waals surface area contributed by atoms with Crippen molar-refractivity contribution in [3.05, 3.63) is 33.8 Å². The molecule has 0 saturated heterocycles. The van der Waals surface area contributed by atoms with Crippen molar-refractivity contribution in [3.8, 4) is 0 Å². The van der Waals surface area contributed by atoms with Crippen LogP contribution in [0.4, 0.5) is 0 Å². The lowest BCUT2D eigenvalue weighted by atomic mass is 10.0. The first kappa shape index (κ1) is 14.7. The first-order valence-corrected chi connectivity index (χ1v) is 7.02. The average molecular weight is 299 g/mol. The van der Waals surface area contributed by atoms with E-state index in [1.165, 1.54) is 11.1 Å². The Kier molecular flexibility index (Phi) is 5.63. The Hall–Kier alpha value is -0.380. The topological polar surface area (TPSA) is 29.3 Å². The van der Waals surface area contributed by atoms with Gasteiger partial charge in [0.05, 0.1) is 0 Å². The van der Waals surface area contributed by atoms with E-state index in [0.717, 1.165) is 11.0 Å². The number of hydrogen-bond donors (Lipinski definition) is 1. The number of likely N-dealkylation sites (N-methyl/N-ethyl adjacent to an activating group) is 1. The maximum Gasteiger partial charge on any atom is 0.0484 e. The van der Waals surface area contributed by atoms with Crippen LogP contribution in [-0.2, 0) is 0 Å². The van der Waals surface area contributed by atoms with Gasteiger partial charge in [-0.15, -0.1) is 0 Å². The van der Waals surface area contributed by atoms with E-state index in [4.69, 9.17) is 5.73 Å². The van der Waals surface area contributed by atoms with Crippen LogP contribution in [0.5, 0.6) is 0 Å². The predicted octanol–water partition coefficient (Wildman–Crippen LogP) is 3.49. The number of aryl methyl sites for hydroxylation is 1. The van der Waals surface area contributed by atoms with Gasteiger partial charge in [0, 0.05) is 23.1 Å². The predicted molar refractivity (Wildman–Crippen MR) is 78.2 cm³/mol. The minimum atomic E-state index is 0.287. The molecule has 0 aliphatic carbocycles. The zero-order valence-electron chi connectivity index (χ0n) is 11.2. The van der Waals surface area contributed by atoms with Crippen LogP contribution in [0.15, 0.2) is 22.7 Å². The summed E-state index contributed by atoms with van der Waals surface area (Å²) in [5, 5.41) is 0. The van der Waals surface area contributed by atoms with Gasteiger partial charge in [-0.3, -0.25) is 4.90 Å². The molecule has 0 spiro atoms. The van der Waals surface area contributed by atoms with Crippen molar-refractivity contribution in [2.75, 3.05) is 13.1 Å². The molecule has 0 bridgehead atoms. The highest BCUT2D eigenvalue weighted by molar-refractivity contribution is 9.10. The first-order chi connectivity index (χ1) is 8.01. The Balaban J connectivity index is 3.08. The molecule has 96 valence electrons. The van der Waals surface area contributed by atoms with Crippen molar-refractivity contribution in [2.45, 2.75) is 39.8 Å². The molecular formula is C14H23BrN2. The molecule has 1 aromatic rings. The summed E-state index contributed by atoms with van der Waals surface area (Å²) in [5.41, 5.74) is 8.52. The van der Waals surface area contributed by atoms with Crippen LogP contribution < -0.4 is 5.73 Å². The van der Waals surface area contributed by atoms with E-state index < -0.39 is 0 Å². The number of nitrogens with zero attached hydrogens (tertiary/aromatic N) is 1. The van der Waals surface area contributed by atoms with Crippen molar-refractivity contribution in [2.24, 2.45) is 5.73 Å². The number of nitrogens with two attached hydrogens (primary N) is 1.